The van der Waals surface area contributed by atoms with Crippen molar-refractivity contribution in [3.05, 3.63) is 83.0 Å². The third-order valence-corrected chi connectivity index (χ3v) is 7.41. The van der Waals surface area contributed by atoms with Crippen molar-refractivity contribution in [2.24, 2.45) is 4.99 Å². The molecule has 3 aromatic rings. The minimum atomic E-state index is -3.03. The van der Waals surface area contributed by atoms with Crippen LogP contribution in [0.5, 0.6) is 17.2 Å². The van der Waals surface area contributed by atoms with Gasteiger partial charge in [-0.2, -0.15) is 8.78 Å². The van der Waals surface area contributed by atoms with E-state index in [2.05, 4.69) is 25.7 Å². The van der Waals surface area contributed by atoms with Gasteiger partial charge in [0.05, 0.1) is 42.7 Å². The normalized spacial score (nSPS) is 15.3. The van der Waals surface area contributed by atoms with Crippen LogP contribution in [0.25, 0.3) is 6.08 Å². The predicted octanol–water partition coefficient (Wildman–Crippen LogP) is 4.18. The minimum absolute atomic E-state index is 0.0732. The molecule has 4 rings (SSSR count). The van der Waals surface area contributed by atoms with Crippen LogP contribution in [0.15, 0.2) is 61.9 Å². The largest absolute Gasteiger partial charge is 0.493 e. The highest BCUT2D eigenvalue weighted by molar-refractivity contribution is 9.10. The Morgan fingerprint density at radius 2 is 1.87 bits per heavy atom. The number of hydrogen-bond donors (Lipinski definition) is 0. The lowest BCUT2D eigenvalue weighted by molar-refractivity contribution is -0.139. The van der Waals surface area contributed by atoms with Gasteiger partial charge in [-0.15, -0.1) is 0 Å². The molecule has 0 saturated heterocycles. The number of hydrogen-bond acceptors (Lipinski definition) is 8. The highest BCUT2D eigenvalue weighted by atomic mass is 79.9. The van der Waals surface area contributed by atoms with Gasteiger partial charge in [0.25, 0.3) is 5.56 Å². The Hall–Kier alpha value is -3.51. The zero-order valence-corrected chi connectivity index (χ0v) is 23.2. The van der Waals surface area contributed by atoms with Crippen LogP contribution in [-0.4, -0.2) is 38.0 Å². The van der Waals surface area contributed by atoms with Gasteiger partial charge in [0.2, 0.25) is 0 Å². The summed E-state index contributed by atoms with van der Waals surface area (Å²) in [6, 6.07) is 8.59. The van der Waals surface area contributed by atoms with Gasteiger partial charge in [0.1, 0.15) is 5.75 Å². The molecule has 0 unspecified atom stereocenters. The van der Waals surface area contributed by atoms with Crippen LogP contribution in [0.3, 0.4) is 0 Å². The molecule has 8 nitrogen and oxygen atoms in total. The van der Waals surface area contributed by atoms with E-state index < -0.39 is 24.2 Å². The van der Waals surface area contributed by atoms with Crippen LogP contribution in [0, 0.1) is 0 Å². The maximum absolute atomic E-state index is 13.8. The second-order valence-corrected chi connectivity index (χ2v) is 9.81. The molecule has 0 spiro atoms. The molecular formula is C26H23BrF2N2O6S. The Morgan fingerprint density at radius 3 is 2.53 bits per heavy atom. The predicted molar refractivity (Wildman–Crippen MR) is 141 cm³/mol. The molecule has 1 aromatic heterocycles. The van der Waals surface area contributed by atoms with Crippen molar-refractivity contribution in [2.45, 2.75) is 26.5 Å². The third-order valence-electron chi connectivity index (χ3n) is 5.74. The van der Waals surface area contributed by atoms with Crippen molar-refractivity contribution in [2.75, 3.05) is 20.8 Å². The number of rotatable bonds is 8. The summed E-state index contributed by atoms with van der Waals surface area (Å²) in [5.74, 6) is 0.148. The number of alkyl halides is 2. The Bertz CT molecular complexity index is 1600. The van der Waals surface area contributed by atoms with E-state index in [0.29, 0.717) is 37.6 Å². The van der Waals surface area contributed by atoms with E-state index in [0.717, 1.165) is 11.3 Å². The zero-order chi connectivity index (χ0) is 27.6. The molecule has 38 heavy (non-hydrogen) atoms. The quantitative estimate of drug-likeness (QED) is 0.357. The minimum Gasteiger partial charge on any atom is -0.493 e. The van der Waals surface area contributed by atoms with Crippen LogP contribution in [0.1, 0.15) is 31.0 Å². The molecule has 12 heteroatoms. The van der Waals surface area contributed by atoms with E-state index >= 15 is 0 Å². The van der Waals surface area contributed by atoms with Gasteiger partial charge in [-0.1, -0.05) is 45.5 Å². The topological polar surface area (TPSA) is 88.4 Å². The van der Waals surface area contributed by atoms with Crippen molar-refractivity contribution in [1.82, 2.24) is 4.57 Å². The number of halogens is 3. The van der Waals surface area contributed by atoms with Crippen molar-refractivity contribution in [3.8, 4) is 17.2 Å². The van der Waals surface area contributed by atoms with Gasteiger partial charge in [-0.3, -0.25) is 9.36 Å². The number of methoxy groups -OCH3 is 2. The second-order valence-electron chi connectivity index (χ2n) is 7.95. The molecule has 2 aromatic carbocycles. The van der Waals surface area contributed by atoms with Gasteiger partial charge >= 0.3 is 12.6 Å². The molecule has 1 aliphatic heterocycles. The SMILES string of the molecule is CCOC(=O)C1=C(C)N=c2s/c(=C/c3ccccc3OC(F)F)c(=O)n2[C@H]1c1cc(OC)c(OC)cc1Br. The van der Waals surface area contributed by atoms with Gasteiger partial charge in [-0.05, 0) is 43.7 Å². The monoisotopic (exact) mass is 608 g/mol. The molecule has 1 aliphatic rings. The number of carbonyl (C=O) groups is 1. The van der Waals surface area contributed by atoms with Crippen molar-refractivity contribution < 1.29 is 32.5 Å². The summed E-state index contributed by atoms with van der Waals surface area (Å²) in [5, 5.41) is 0. The van der Waals surface area contributed by atoms with Crippen molar-refractivity contribution in [3.63, 3.8) is 0 Å². The number of benzene rings is 2. The lowest BCUT2D eigenvalue weighted by Gasteiger charge is -2.26. The van der Waals surface area contributed by atoms with Gasteiger partial charge in [0.15, 0.2) is 16.3 Å². The molecule has 1 atom stereocenters. The Labute approximate surface area is 228 Å². The molecule has 2 heterocycles. The van der Waals surface area contributed by atoms with Gasteiger partial charge < -0.3 is 18.9 Å². The van der Waals surface area contributed by atoms with Crippen molar-refractivity contribution in [1.29, 1.82) is 0 Å². The molecular weight excluding hydrogens is 586 g/mol. The summed E-state index contributed by atoms with van der Waals surface area (Å²) in [5.41, 5.74) is 0.920. The van der Waals surface area contributed by atoms with Gasteiger partial charge in [-0.25, -0.2) is 9.79 Å². The van der Waals surface area contributed by atoms with Crippen LogP contribution in [-0.2, 0) is 9.53 Å². The fourth-order valence-electron chi connectivity index (χ4n) is 4.11. The standard InChI is InChI=1S/C26H23BrF2N2O6S/c1-5-36-24(33)21-13(2)30-26-31(22(21)15-11-18(34-3)19(35-4)12-16(15)27)23(32)20(38-26)10-14-8-6-7-9-17(14)37-25(28)29/h6-12,22,25H,5H2,1-4H3/b20-10+/t22-/m0/s1. The smallest absolute Gasteiger partial charge is 0.387 e. The Kier molecular flexibility index (Phi) is 8.32. The summed E-state index contributed by atoms with van der Waals surface area (Å²) in [6.07, 6.45) is 1.46. The molecule has 0 amide bonds. The lowest BCUT2D eigenvalue weighted by atomic mass is 9.95. The number of para-hydroxylation sites is 1. The maximum atomic E-state index is 13.8. The molecule has 0 radical (unpaired) electrons. The first kappa shape index (κ1) is 27.5. The maximum Gasteiger partial charge on any atom is 0.387 e. The van der Waals surface area contributed by atoms with E-state index in [-0.39, 0.29) is 22.5 Å². The summed E-state index contributed by atoms with van der Waals surface area (Å²) in [4.78, 5) is 31.8. The molecule has 200 valence electrons. The summed E-state index contributed by atoms with van der Waals surface area (Å²) in [7, 11) is 2.98. The summed E-state index contributed by atoms with van der Waals surface area (Å²) < 4.78 is 48.8. The number of ether oxygens (including phenoxy) is 4. The molecule has 0 N–H and O–H groups in total. The van der Waals surface area contributed by atoms with Crippen LogP contribution in [0.2, 0.25) is 0 Å². The zero-order valence-electron chi connectivity index (χ0n) is 20.8. The highest BCUT2D eigenvalue weighted by Crippen LogP contribution is 2.40. The number of thiazole rings is 1. The highest BCUT2D eigenvalue weighted by Gasteiger charge is 2.35. The van der Waals surface area contributed by atoms with Crippen LogP contribution < -0.4 is 29.1 Å². The first-order chi connectivity index (χ1) is 18.2. The van der Waals surface area contributed by atoms with Crippen LogP contribution >= 0.6 is 27.3 Å². The van der Waals surface area contributed by atoms with Crippen LogP contribution in [0.4, 0.5) is 8.78 Å². The summed E-state index contributed by atoms with van der Waals surface area (Å²) in [6.45, 7) is 0.448. The number of fused-ring (bicyclic) bond motifs is 1. The fraction of sp³-hybridized carbons (Fsp3) is 0.269. The van der Waals surface area contributed by atoms with E-state index in [9.17, 15) is 18.4 Å². The lowest BCUT2D eigenvalue weighted by Crippen LogP contribution is -2.40. The first-order valence-corrected chi connectivity index (χ1v) is 13.0. The van der Waals surface area contributed by atoms with E-state index in [4.69, 9.17) is 14.2 Å². The molecule has 0 fully saturated rings. The second kappa shape index (κ2) is 11.5. The average molecular weight is 609 g/mol. The number of carbonyl (C=O) groups excluding carboxylic acids is 1. The molecule has 0 bridgehead atoms. The molecule has 0 saturated carbocycles. The van der Waals surface area contributed by atoms with E-state index in [1.165, 1.54) is 30.9 Å². The molecule has 0 aliphatic carbocycles. The van der Waals surface area contributed by atoms with E-state index in [1.54, 1.807) is 44.2 Å². The Morgan fingerprint density at radius 1 is 1.18 bits per heavy atom. The number of allylic oxidation sites excluding steroid dienone is 1. The number of nitrogens with zero attached hydrogens (tertiary/aromatic N) is 2. The Balaban J connectivity index is 2.00. The number of esters is 1. The summed E-state index contributed by atoms with van der Waals surface area (Å²) >= 11 is 4.61. The third kappa shape index (κ3) is 5.23. The van der Waals surface area contributed by atoms with E-state index in [1.807, 2.05) is 0 Å². The fourth-order valence-corrected chi connectivity index (χ4v) is 5.69. The number of aromatic nitrogens is 1. The first-order valence-electron chi connectivity index (χ1n) is 11.3. The average Bonchev–Trinajstić information content (AvgIpc) is 3.18. The van der Waals surface area contributed by atoms with Crippen molar-refractivity contribution >= 4 is 39.3 Å². The van der Waals surface area contributed by atoms with Gasteiger partial charge in [0, 0.05) is 10.0 Å².